The Morgan fingerprint density at radius 1 is 0.710 bits per heavy atom. The SMILES string of the molecule is O=C1NC(=O)N(c2ccccc2)C(=O)/C1=C\c1cccn1-c1ccc2ccccc2c1. The van der Waals surface area contributed by atoms with Gasteiger partial charge in [0, 0.05) is 17.6 Å². The first-order chi connectivity index (χ1) is 15.1. The van der Waals surface area contributed by atoms with E-state index in [2.05, 4.69) is 5.32 Å². The van der Waals surface area contributed by atoms with E-state index >= 15 is 0 Å². The summed E-state index contributed by atoms with van der Waals surface area (Å²) in [6.07, 6.45) is 3.37. The van der Waals surface area contributed by atoms with E-state index < -0.39 is 17.8 Å². The Bertz CT molecular complexity index is 1370. The lowest BCUT2D eigenvalue weighted by Crippen LogP contribution is -2.54. The second kappa shape index (κ2) is 7.42. The van der Waals surface area contributed by atoms with Gasteiger partial charge in [-0.25, -0.2) is 9.69 Å². The van der Waals surface area contributed by atoms with Crippen molar-refractivity contribution < 1.29 is 14.4 Å². The first-order valence-corrected chi connectivity index (χ1v) is 9.75. The molecule has 4 amide bonds. The third kappa shape index (κ3) is 3.30. The summed E-state index contributed by atoms with van der Waals surface area (Å²) in [5, 5.41) is 4.46. The third-order valence-electron chi connectivity index (χ3n) is 5.20. The molecule has 0 unspecified atom stereocenters. The van der Waals surface area contributed by atoms with Gasteiger partial charge in [0.2, 0.25) is 0 Å². The summed E-state index contributed by atoms with van der Waals surface area (Å²) in [6.45, 7) is 0. The molecular formula is C25H17N3O3. The van der Waals surface area contributed by atoms with E-state index in [9.17, 15) is 14.4 Å². The highest BCUT2D eigenvalue weighted by atomic mass is 16.2. The number of carbonyl (C=O) groups excluding carboxylic acids is 3. The van der Waals surface area contributed by atoms with E-state index in [0.29, 0.717) is 11.4 Å². The standard InChI is InChI=1S/C25H17N3O3/c29-23-22(24(30)28(25(31)26-23)19-9-2-1-3-10-19)16-20-11-6-14-27(20)21-13-12-17-7-4-5-8-18(17)15-21/h1-16H,(H,26,29,31)/b22-16-. The number of nitrogens with one attached hydrogen (secondary N) is 1. The molecule has 2 heterocycles. The number of aromatic nitrogens is 1. The number of amides is 4. The minimum atomic E-state index is -0.761. The third-order valence-corrected chi connectivity index (χ3v) is 5.20. The predicted molar refractivity (Wildman–Crippen MR) is 119 cm³/mol. The van der Waals surface area contributed by atoms with Gasteiger partial charge in [-0.1, -0.05) is 48.5 Å². The van der Waals surface area contributed by atoms with Gasteiger partial charge >= 0.3 is 6.03 Å². The molecule has 6 nitrogen and oxygen atoms in total. The van der Waals surface area contributed by atoms with Gasteiger partial charge in [-0.3, -0.25) is 14.9 Å². The Morgan fingerprint density at radius 2 is 1.45 bits per heavy atom. The number of urea groups is 1. The van der Waals surface area contributed by atoms with E-state index in [4.69, 9.17) is 0 Å². The van der Waals surface area contributed by atoms with Gasteiger partial charge in [0.25, 0.3) is 11.8 Å². The van der Waals surface area contributed by atoms with Crippen molar-refractivity contribution in [2.45, 2.75) is 0 Å². The molecule has 0 aliphatic carbocycles. The zero-order valence-electron chi connectivity index (χ0n) is 16.4. The van der Waals surface area contributed by atoms with Gasteiger partial charge in [-0.2, -0.15) is 0 Å². The lowest BCUT2D eigenvalue weighted by molar-refractivity contribution is -0.122. The van der Waals surface area contributed by atoms with Crippen LogP contribution in [0.5, 0.6) is 0 Å². The van der Waals surface area contributed by atoms with Crippen LogP contribution in [0, 0.1) is 0 Å². The smallest absolute Gasteiger partial charge is 0.317 e. The summed E-state index contributed by atoms with van der Waals surface area (Å²) < 4.78 is 1.89. The zero-order valence-corrected chi connectivity index (χ0v) is 16.4. The first-order valence-electron chi connectivity index (χ1n) is 9.75. The molecule has 1 N–H and O–H groups in total. The molecule has 1 fully saturated rings. The Kier molecular flexibility index (Phi) is 4.45. The summed E-state index contributed by atoms with van der Waals surface area (Å²) in [6, 6.07) is 25.5. The number of carbonyl (C=O) groups is 3. The molecular weight excluding hydrogens is 390 g/mol. The van der Waals surface area contributed by atoms with Gasteiger partial charge in [-0.05, 0) is 53.2 Å². The van der Waals surface area contributed by atoms with E-state index in [0.717, 1.165) is 21.4 Å². The van der Waals surface area contributed by atoms with Crippen LogP contribution >= 0.6 is 0 Å². The highest BCUT2D eigenvalue weighted by molar-refractivity contribution is 6.39. The maximum absolute atomic E-state index is 13.1. The van der Waals surface area contributed by atoms with Gasteiger partial charge in [0.15, 0.2) is 0 Å². The summed E-state index contributed by atoms with van der Waals surface area (Å²) >= 11 is 0. The van der Waals surface area contributed by atoms with Crippen LogP contribution < -0.4 is 10.2 Å². The van der Waals surface area contributed by atoms with E-state index in [1.165, 1.54) is 6.08 Å². The molecule has 150 valence electrons. The van der Waals surface area contributed by atoms with Gasteiger partial charge in [0.1, 0.15) is 5.57 Å². The molecule has 1 saturated heterocycles. The number of benzene rings is 3. The fraction of sp³-hybridized carbons (Fsp3) is 0. The average molecular weight is 407 g/mol. The van der Waals surface area contributed by atoms with Gasteiger partial charge in [-0.15, -0.1) is 0 Å². The van der Waals surface area contributed by atoms with Crippen LogP contribution in [0.1, 0.15) is 5.69 Å². The van der Waals surface area contributed by atoms with Crippen LogP contribution in [0.15, 0.2) is 96.7 Å². The molecule has 1 aliphatic heterocycles. The summed E-state index contributed by atoms with van der Waals surface area (Å²) in [5.74, 6) is -1.38. The molecule has 3 aromatic carbocycles. The molecule has 0 saturated carbocycles. The van der Waals surface area contributed by atoms with Crippen LogP contribution in [-0.2, 0) is 9.59 Å². The molecule has 31 heavy (non-hydrogen) atoms. The molecule has 0 radical (unpaired) electrons. The van der Waals surface area contributed by atoms with E-state index in [-0.39, 0.29) is 5.57 Å². The Hall–Kier alpha value is -4.45. The number of anilines is 1. The molecule has 4 aromatic rings. The molecule has 6 heteroatoms. The molecule has 0 bridgehead atoms. The number of hydrogen-bond donors (Lipinski definition) is 1. The lowest BCUT2D eigenvalue weighted by atomic mass is 10.1. The molecule has 0 spiro atoms. The Balaban J connectivity index is 1.56. The summed E-state index contributed by atoms with van der Waals surface area (Å²) in [7, 11) is 0. The number of para-hydroxylation sites is 1. The van der Waals surface area contributed by atoms with Crippen molar-refractivity contribution in [3.05, 3.63) is 102 Å². The van der Waals surface area contributed by atoms with Crippen molar-refractivity contribution in [2.75, 3.05) is 4.90 Å². The van der Waals surface area contributed by atoms with Crippen LogP contribution in [0.4, 0.5) is 10.5 Å². The van der Waals surface area contributed by atoms with Crippen molar-refractivity contribution in [1.29, 1.82) is 0 Å². The fourth-order valence-corrected chi connectivity index (χ4v) is 3.69. The number of barbiturate groups is 1. The monoisotopic (exact) mass is 407 g/mol. The predicted octanol–water partition coefficient (Wildman–Crippen LogP) is 4.30. The zero-order chi connectivity index (χ0) is 21.4. The largest absolute Gasteiger partial charge is 0.335 e. The van der Waals surface area contributed by atoms with Gasteiger partial charge in [0.05, 0.1) is 5.69 Å². The molecule has 0 atom stereocenters. The van der Waals surface area contributed by atoms with Gasteiger partial charge < -0.3 is 4.57 Å². The molecule has 1 aromatic heterocycles. The number of nitrogens with zero attached hydrogens (tertiary/aromatic N) is 2. The number of imide groups is 2. The highest BCUT2D eigenvalue weighted by Gasteiger charge is 2.36. The second-order valence-corrected chi connectivity index (χ2v) is 7.13. The summed E-state index contributed by atoms with van der Waals surface area (Å²) in [4.78, 5) is 38.8. The van der Waals surface area contributed by atoms with Crippen LogP contribution in [0.25, 0.3) is 22.5 Å². The van der Waals surface area contributed by atoms with E-state index in [1.807, 2.05) is 65.4 Å². The Labute approximate surface area is 178 Å². The minimum absolute atomic E-state index is 0.107. The maximum atomic E-state index is 13.1. The number of hydrogen-bond acceptors (Lipinski definition) is 3. The van der Waals surface area contributed by atoms with Crippen LogP contribution in [0.3, 0.4) is 0 Å². The van der Waals surface area contributed by atoms with Crippen molar-refractivity contribution in [2.24, 2.45) is 0 Å². The quantitative estimate of drug-likeness (QED) is 0.407. The highest BCUT2D eigenvalue weighted by Crippen LogP contribution is 2.24. The van der Waals surface area contributed by atoms with Crippen LogP contribution in [-0.4, -0.2) is 22.4 Å². The average Bonchev–Trinajstić information content (AvgIpc) is 3.25. The first kappa shape index (κ1) is 18.6. The second-order valence-electron chi connectivity index (χ2n) is 7.13. The van der Waals surface area contributed by atoms with Crippen LogP contribution in [0.2, 0.25) is 0 Å². The normalized spacial score (nSPS) is 15.5. The topological polar surface area (TPSA) is 71.4 Å². The van der Waals surface area contributed by atoms with Crippen molar-refractivity contribution in [3.8, 4) is 5.69 Å². The van der Waals surface area contributed by atoms with Crippen molar-refractivity contribution in [1.82, 2.24) is 9.88 Å². The molecule has 5 rings (SSSR count). The molecule has 1 aliphatic rings. The lowest BCUT2D eigenvalue weighted by Gasteiger charge is -2.26. The number of fused-ring (bicyclic) bond motifs is 1. The van der Waals surface area contributed by atoms with Crippen molar-refractivity contribution in [3.63, 3.8) is 0 Å². The number of rotatable bonds is 3. The van der Waals surface area contributed by atoms with E-state index in [1.54, 1.807) is 30.3 Å². The Morgan fingerprint density at radius 3 is 2.26 bits per heavy atom. The maximum Gasteiger partial charge on any atom is 0.335 e. The fourth-order valence-electron chi connectivity index (χ4n) is 3.69. The summed E-state index contributed by atoms with van der Waals surface area (Å²) in [5.41, 5.74) is 1.84. The minimum Gasteiger partial charge on any atom is -0.317 e. The van der Waals surface area contributed by atoms with Crippen molar-refractivity contribution >= 4 is 40.4 Å².